The van der Waals surface area contributed by atoms with Crippen LogP contribution in [0.2, 0.25) is 0 Å². The summed E-state index contributed by atoms with van der Waals surface area (Å²) >= 11 is 1.44. The van der Waals surface area contributed by atoms with Crippen LogP contribution in [0.4, 0.5) is 5.13 Å². The average molecular weight is 256 g/mol. The minimum absolute atomic E-state index is 0.296. The second-order valence-electron chi connectivity index (χ2n) is 4.81. The van der Waals surface area contributed by atoms with Crippen molar-refractivity contribution in [3.05, 3.63) is 5.82 Å². The molecule has 0 aliphatic carbocycles. The first-order valence-electron chi connectivity index (χ1n) is 6.02. The number of nitrogens with zero attached hydrogens (tertiary/aromatic N) is 4. The van der Waals surface area contributed by atoms with E-state index in [2.05, 4.69) is 14.3 Å². The quantitative estimate of drug-likeness (QED) is 0.864. The molecule has 0 aromatic carbocycles. The van der Waals surface area contributed by atoms with Crippen LogP contribution in [0.5, 0.6) is 0 Å². The number of aliphatic hydroxyl groups excluding tert-OH is 1. The summed E-state index contributed by atoms with van der Waals surface area (Å²) in [6.45, 7) is 3.16. The van der Waals surface area contributed by atoms with Gasteiger partial charge in [-0.3, -0.25) is 4.90 Å². The fourth-order valence-corrected chi connectivity index (χ4v) is 2.73. The van der Waals surface area contributed by atoms with Crippen molar-refractivity contribution in [2.45, 2.75) is 19.4 Å². The molecule has 1 atom stereocenters. The van der Waals surface area contributed by atoms with Gasteiger partial charge in [0.25, 0.3) is 0 Å². The van der Waals surface area contributed by atoms with Crippen molar-refractivity contribution in [1.29, 1.82) is 0 Å². The molecule has 1 saturated heterocycles. The number of aromatic nitrogens is 2. The molecule has 2 heterocycles. The standard InChI is InChI=1S/C11H20N4OS/c1-14(2)11-12-10(13-17-11)7-15-5-3-4-9(6-15)8-16/h9,16H,3-8H2,1-2H3. The van der Waals surface area contributed by atoms with Crippen molar-refractivity contribution >= 4 is 16.7 Å². The van der Waals surface area contributed by atoms with Crippen LogP contribution < -0.4 is 4.90 Å². The van der Waals surface area contributed by atoms with E-state index in [4.69, 9.17) is 0 Å². The van der Waals surface area contributed by atoms with Crippen molar-refractivity contribution in [1.82, 2.24) is 14.3 Å². The summed E-state index contributed by atoms with van der Waals surface area (Å²) in [5.41, 5.74) is 0. The van der Waals surface area contributed by atoms with Gasteiger partial charge in [-0.2, -0.15) is 4.37 Å². The normalized spacial score (nSPS) is 21.7. The highest BCUT2D eigenvalue weighted by atomic mass is 32.1. The van der Waals surface area contributed by atoms with E-state index in [1.54, 1.807) is 0 Å². The third-order valence-corrected chi connectivity index (χ3v) is 3.99. The molecule has 2 rings (SSSR count). The summed E-state index contributed by atoms with van der Waals surface area (Å²) in [7, 11) is 3.96. The van der Waals surface area contributed by atoms with Gasteiger partial charge in [-0.1, -0.05) is 0 Å². The van der Waals surface area contributed by atoms with Crippen LogP contribution in [0.3, 0.4) is 0 Å². The molecule has 6 heteroatoms. The molecule has 96 valence electrons. The van der Waals surface area contributed by atoms with E-state index in [1.807, 2.05) is 19.0 Å². The summed E-state index contributed by atoms with van der Waals surface area (Å²) in [5, 5.41) is 10.1. The van der Waals surface area contributed by atoms with Crippen LogP contribution in [-0.4, -0.2) is 53.2 Å². The van der Waals surface area contributed by atoms with E-state index in [9.17, 15) is 5.11 Å². The molecule has 17 heavy (non-hydrogen) atoms. The smallest absolute Gasteiger partial charge is 0.204 e. The lowest BCUT2D eigenvalue weighted by Crippen LogP contribution is -2.36. The number of aliphatic hydroxyl groups is 1. The Labute approximate surface area is 106 Å². The zero-order valence-electron chi connectivity index (χ0n) is 10.5. The Morgan fingerprint density at radius 3 is 3.00 bits per heavy atom. The number of hydrogen-bond donors (Lipinski definition) is 1. The molecule has 1 aromatic heterocycles. The highest BCUT2D eigenvalue weighted by Gasteiger charge is 2.20. The van der Waals surface area contributed by atoms with Gasteiger partial charge >= 0.3 is 0 Å². The zero-order chi connectivity index (χ0) is 12.3. The molecule has 1 N–H and O–H groups in total. The summed E-state index contributed by atoms with van der Waals surface area (Å²) in [4.78, 5) is 8.80. The Morgan fingerprint density at radius 1 is 1.53 bits per heavy atom. The zero-order valence-corrected chi connectivity index (χ0v) is 11.3. The minimum atomic E-state index is 0.296. The van der Waals surface area contributed by atoms with E-state index in [0.717, 1.165) is 43.4 Å². The third kappa shape index (κ3) is 3.37. The summed E-state index contributed by atoms with van der Waals surface area (Å²) in [5.74, 6) is 1.33. The molecule has 0 bridgehead atoms. The number of rotatable bonds is 4. The van der Waals surface area contributed by atoms with Gasteiger partial charge < -0.3 is 10.0 Å². The maximum atomic E-state index is 9.19. The number of piperidine rings is 1. The molecule has 0 radical (unpaired) electrons. The van der Waals surface area contributed by atoms with Crippen LogP contribution in [-0.2, 0) is 6.54 Å². The topological polar surface area (TPSA) is 52.5 Å². The maximum absolute atomic E-state index is 9.19. The SMILES string of the molecule is CN(C)c1nc(CN2CCCC(CO)C2)ns1. The van der Waals surface area contributed by atoms with Gasteiger partial charge in [0.15, 0.2) is 5.82 Å². The predicted octanol–water partition coefficient (Wildman–Crippen LogP) is 0.808. The van der Waals surface area contributed by atoms with Gasteiger partial charge in [0.05, 0.1) is 6.54 Å². The van der Waals surface area contributed by atoms with Crippen LogP contribution in [0.1, 0.15) is 18.7 Å². The molecule has 1 unspecified atom stereocenters. The lowest BCUT2D eigenvalue weighted by atomic mass is 9.99. The molecule has 1 aliphatic rings. The first kappa shape index (κ1) is 12.7. The number of likely N-dealkylation sites (tertiary alicyclic amines) is 1. The Balaban J connectivity index is 1.91. The number of hydrogen-bond acceptors (Lipinski definition) is 6. The predicted molar refractivity (Wildman–Crippen MR) is 69.3 cm³/mol. The van der Waals surface area contributed by atoms with Gasteiger partial charge in [-0.15, -0.1) is 0 Å². The lowest BCUT2D eigenvalue weighted by Gasteiger charge is -2.30. The summed E-state index contributed by atoms with van der Waals surface area (Å²) < 4.78 is 4.37. The van der Waals surface area contributed by atoms with Gasteiger partial charge in [0, 0.05) is 38.8 Å². The van der Waals surface area contributed by atoms with Crippen molar-refractivity contribution in [2.75, 3.05) is 38.7 Å². The van der Waals surface area contributed by atoms with E-state index < -0.39 is 0 Å². The van der Waals surface area contributed by atoms with Crippen LogP contribution >= 0.6 is 11.5 Å². The van der Waals surface area contributed by atoms with Crippen molar-refractivity contribution in [3.8, 4) is 0 Å². The Kier molecular flexibility index (Phi) is 4.31. The van der Waals surface area contributed by atoms with Crippen molar-refractivity contribution in [3.63, 3.8) is 0 Å². The first-order valence-corrected chi connectivity index (χ1v) is 6.79. The minimum Gasteiger partial charge on any atom is -0.396 e. The average Bonchev–Trinajstić information content (AvgIpc) is 2.78. The van der Waals surface area contributed by atoms with Crippen molar-refractivity contribution < 1.29 is 5.11 Å². The largest absolute Gasteiger partial charge is 0.396 e. The van der Waals surface area contributed by atoms with Crippen LogP contribution in [0.15, 0.2) is 0 Å². The van der Waals surface area contributed by atoms with Gasteiger partial charge in [0.1, 0.15) is 0 Å². The molecular formula is C11H20N4OS. The van der Waals surface area contributed by atoms with Crippen molar-refractivity contribution in [2.24, 2.45) is 5.92 Å². The monoisotopic (exact) mass is 256 g/mol. The molecule has 0 saturated carbocycles. The van der Waals surface area contributed by atoms with Gasteiger partial charge in [-0.25, -0.2) is 4.98 Å². The third-order valence-electron chi connectivity index (χ3n) is 3.07. The molecule has 1 aliphatic heterocycles. The van der Waals surface area contributed by atoms with Crippen LogP contribution in [0.25, 0.3) is 0 Å². The van der Waals surface area contributed by atoms with Gasteiger partial charge in [0.2, 0.25) is 5.13 Å². The Bertz CT molecular complexity index is 355. The summed E-state index contributed by atoms with van der Waals surface area (Å²) in [6, 6.07) is 0. The highest BCUT2D eigenvalue weighted by molar-refractivity contribution is 7.09. The van der Waals surface area contributed by atoms with E-state index in [1.165, 1.54) is 11.5 Å². The Morgan fingerprint density at radius 2 is 2.35 bits per heavy atom. The lowest BCUT2D eigenvalue weighted by molar-refractivity contribution is 0.114. The first-order chi connectivity index (χ1) is 8.19. The molecule has 0 spiro atoms. The van der Waals surface area contributed by atoms with E-state index in [-0.39, 0.29) is 0 Å². The number of anilines is 1. The fourth-order valence-electron chi connectivity index (χ4n) is 2.13. The second kappa shape index (κ2) is 5.75. The van der Waals surface area contributed by atoms with Gasteiger partial charge in [-0.05, 0) is 25.3 Å². The van der Waals surface area contributed by atoms with E-state index in [0.29, 0.717) is 12.5 Å². The molecule has 0 amide bonds. The molecule has 1 fully saturated rings. The van der Waals surface area contributed by atoms with Crippen LogP contribution in [0, 0.1) is 5.92 Å². The Hall–Kier alpha value is -0.720. The molecule has 1 aromatic rings. The summed E-state index contributed by atoms with van der Waals surface area (Å²) in [6.07, 6.45) is 2.30. The van der Waals surface area contributed by atoms with E-state index >= 15 is 0 Å². The highest BCUT2D eigenvalue weighted by Crippen LogP contribution is 2.19. The molecule has 5 nitrogen and oxygen atoms in total. The fraction of sp³-hybridized carbons (Fsp3) is 0.818. The second-order valence-corrected chi connectivity index (χ2v) is 5.54. The maximum Gasteiger partial charge on any atom is 0.204 e. The molecular weight excluding hydrogens is 236 g/mol.